The van der Waals surface area contributed by atoms with Crippen LogP contribution in [0.2, 0.25) is 5.02 Å². The van der Waals surface area contributed by atoms with Gasteiger partial charge in [0, 0.05) is 36.7 Å². The number of nitrogens with one attached hydrogen (secondary N) is 1. The van der Waals surface area contributed by atoms with Gasteiger partial charge in [0.25, 0.3) is 0 Å². The summed E-state index contributed by atoms with van der Waals surface area (Å²) >= 11 is 6.36. The molecule has 6 heterocycles. The summed E-state index contributed by atoms with van der Waals surface area (Å²) in [6.45, 7) is 2.28. The van der Waals surface area contributed by atoms with Gasteiger partial charge in [-0.05, 0) is 37.3 Å². The van der Waals surface area contributed by atoms with Gasteiger partial charge in [-0.15, -0.1) is 10.2 Å². The topological polar surface area (TPSA) is 118 Å². The maximum atomic E-state index is 13.5. The van der Waals surface area contributed by atoms with E-state index in [1.807, 2.05) is 31.3 Å². The van der Waals surface area contributed by atoms with Crippen molar-refractivity contribution in [1.82, 2.24) is 39.7 Å². The zero-order chi connectivity index (χ0) is 22.5. The molecule has 0 aromatic carbocycles. The lowest BCUT2D eigenvalue weighted by atomic mass is 9.99. The van der Waals surface area contributed by atoms with Crippen LogP contribution in [0, 0.1) is 6.92 Å². The van der Waals surface area contributed by atoms with Crippen molar-refractivity contribution in [2.24, 2.45) is 0 Å². The van der Waals surface area contributed by atoms with Crippen molar-refractivity contribution in [1.29, 1.82) is 0 Å². The molecule has 1 aliphatic heterocycles. The van der Waals surface area contributed by atoms with E-state index in [4.69, 9.17) is 16.0 Å². The van der Waals surface area contributed by atoms with Crippen molar-refractivity contribution in [3.05, 3.63) is 82.7 Å². The Labute approximate surface area is 192 Å². The Morgan fingerprint density at radius 1 is 1.24 bits per heavy atom. The quantitative estimate of drug-likeness (QED) is 0.439. The first-order valence-corrected chi connectivity index (χ1v) is 10.7. The van der Waals surface area contributed by atoms with Crippen LogP contribution in [0.3, 0.4) is 0 Å². The number of hydrogen-bond donors (Lipinski definition) is 1. The lowest BCUT2D eigenvalue weighted by molar-refractivity contribution is 0.0646. The molecule has 164 valence electrons. The molecule has 5 aromatic heterocycles. The third-order valence-corrected chi connectivity index (χ3v) is 6.10. The fourth-order valence-corrected chi connectivity index (χ4v) is 4.39. The van der Waals surface area contributed by atoms with Crippen molar-refractivity contribution in [2.75, 3.05) is 6.54 Å². The van der Waals surface area contributed by atoms with Crippen LogP contribution in [0.4, 0.5) is 0 Å². The number of pyridine rings is 2. The number of carbonyl (C=O) groups is 1. The highest BCUT2D eigenvalue weighted by Gasteiger charge is 2.38. The molecule has 0 saturated heterocycles. The second-order valence-corrected chi connectivity index (χ2v) is 8.13. The van der Waals surface area contributed by atoms with Crippen molar-refractivity contribution in [2.45, 2.75) is 19.4 Å². The number of amides is 1. The van der Waals surface area contributed by atoms with E-state index in [1.54, 1.807) is 34.1 Å². The van der Waals surface area contributed by atoms with E-state index in [2.05, 4.69) is 30.2 Å². The van der Waals surface area contributed by atoms with Crippen molar-refractivity contribution < 1.29 is 9.21 Å². The molecule has 1 aliphatic rings. The molecule has 1 unspecified atom stereocenters. The number of H-pyrrole nitrogens is 1. The monoisotopic (exact) mass is 460 g/mol. The molecule has 5 aromatic rings. The highest BCUT2D eigenvalue weighted by atomic mass is 35.5. The fourth-order valence-electron chi connectivity index (χ4n) is 4.18. The van der Waals surface area contributed by atoms with E-state index in [9.17, 15) is 4.79 Å². The van der Waals surface area contributed by atoms with Gasteiger partial charge in [0.15, 0.2) is 0 Å². The molecule has 0 radical (unpaired) electrons. The molecule has 33 heavy (non-hydrogen) atoms. The van der Waals surface area contributed by atoms with Crippen LogP contribution in [0.15, 0.2) is 53.5 Å². The summed E-state index contributed by atoms with van der Waals surface area (Å²) < 4.78 is 7.46. The minimum atomic E-state index is -0.529. The molecule has 1 N–H and O–H groups in total. The average Bonchev–Trinajstić information content (AvgIpc) is 3.57. The minimum absolute atomic E-state index is 0.0981. The third kappa shape index (κ3) is 3.18. The van der Waals surface area contributed by atoms with E-state index >= 15 is 0 Å². The van der Waals surface area contributed by atoms with Crippen LogP contribution in [0.25, 0.3) is 17.0 Å². The normalized spacial score (nSPS) is 15.7. The van der Waals surface area contributed by atoms with E-state index in [0.717, 1.165) is 22.6 Å². The molecule has 10 nitrogen and oxygen atoms in total. The highest BCUT2D eigenvalue weighted by Crippen LogP contribution is 2.35. The molecule has 1 amide bonds. The number of rotatable bonds is 3. The first-order valence-electron chi connectivity index (χ1n) is 10.3. The van der Waals surface area contributed by atoms with Crippen LogP contribution >= 0.6 is 11.6 Å². The van der Waals surface area contributed by atoms with E-state index in [0.29, 0.717) is 29.2 Å². The SMILES string of the molecule is Cc1ncccc1-c1nnc(C(=O)N2CCc3[nH]cnc3C2c2cc3c(Cl)cccn3n2)o1. The Kier molecular flexibility index (Phi) is 4.47. The summed E-state index contributed by atoms with van der Waals surface area (Å²) in [5, 5.41) is 13.4. The predicted molar refractivity (Wildman–Crippen MR) is 118 cm³/mol. The second-order valence-electron chi connectivity index (χ2n) is 7.72. The number of imidazole rings is 1. The van der Waals surface area contributed by atoms with Gasteiger partial charge in [0.2, 0.25) is 5.89 Å². The van der Waals surface area contributed by atoms with Gasteiger partial charge in [-0.3, -0.25) is 9.78 Å². The van der Waals surface area contributed by atoms with Crippen LogP contribution in [0.5, 0.6) is 0 Å². The summed E-state index contributed by atoms with van der Waals surface area (Å²) in [5.74, 6) is -0.242. The number of halogens is 1. The third-order valence-electron chi connectivity index (χ3n) is 5.78. The van der Waals surface area contributed by atoms with E-state index in [1.165, 1.54) is 0 Å². The number of fused-ring (bicyclic) bond motifs is 2. The molecular formula is C22H17ClN8O2. The van der Waals surface area contributed by atoms with Gasteiger partial charge in [-0.1, -0.05) is 11.6 Å². The Morgan fingerprint density at radius 3 is 3.00 bits per heavy atom. The second kappa shape index (κ2) is 7.52. The van der Waals surface area contributed by atoms with Crippen LogP contribution in [-0.4, -0.2) is 52.1 Å². The maximum absolute atomic E-state index is 13.5. The van der Waals surface area contributed by atoms with Crippen molar-refractivity contribution in [3.63, 3.8) is 0 Å². The molecule has 0 aliphatic carbocycles. The number of hydrogen-bond acceptors (Lipinski definition) is 7. The summed E-state index contributed by atoms with van der Waals surface area (Å²) in [5.41, 5.74) is 4.51. The van der Waals surface area contributed by atoms with E-state index in [-0.39, 0.29) is 11.8 Å². The molecule has 0 saturated carbocycles. The van der Waals surface area contributed by atoms with Gasteiger partial charge in [-0.2, -0.15) is 5.10 Å². The molecule has 0 fully saturated rings. The standard InChI is InChI=1S/C22H17ClN8O2/c1-12-13(4-2-7-24-12)20-27-28-21(33-20)22(32)30-9-6-15-18(26-11-25-15)19(30)16-10-17-14(23)5-3-8-31(17)29-16/h2-5,7-8,10-11,19H,6,9H2,1H3,(H,25,26). The first-order chi connectivity index (χ1) is 16.1. The summed E-state index contributed by atoms with van der Waals surface area (Å²) in [6, 6.07) is 8.56. The molecule has 1 atom stereocenters. The van der Waals surface area contributed by atoms with Crippen LogP contribution in [0.1, 0.15) is 39.5 Å². The summed E-state index contributed by atoms with van der Waals surface area (Å²) in [7, 11) is 0. The van der Waals surface area contributed by atoms with Gasteiger partial charge in [-0.25, -0.2) is 9.50 Å². The van der Waals surface area contributed by atoms with Crippen LogP contribution in [-0.2, 0) is 6.42 Å². The number of nitrogens with zero attached hydrogens (tertiary/aromatic N) is 7. The van der Waals surface area contributed by atoms with Crippen LogP contribution < -0.4 is 0 Å². The minimum Gasteiger partial charge on any atom is -0.412 e. The maximum Gasteiger partial charge on any atom is 0.312 e. The van der Waals surface area contributed by atoms with Gasteiger partial charge in [0.05, 0.1) is 33.8 Å². The summed E-state index contributed by atoms with van der Waals surface area (Å²) in [6.07, 6.45) is 5.74. The van der Waals surface area contributed by atoms with Gasteiger partial charge < -0.3 is 14.3 Å². The zero-order valence-electron chi connectivity index (χ0n) is 17.4. The zero-order valence-corrected chi connectivity index (χ0v) is 18.2. The Balaban J connectivity index is 1.41. The van der Waals surface area contributed by atoms with Crippen molar-refractivity contribution in [3.8, 4) is 11.5 Å². The first kappa shape index (κ1) is 19.6. The molecular weight excluding hydrogens is 444 g/mol. The predicted octanol–water partition coefficient (Wildman–Crippen LogP) is 3.25. The molecule has 11 heteroatoms. The lowest BCUT2D eigenvalue weighted by Gasteiger charge is -2.32. The Bertz CT molecular complexity index is 1500. The lowest BCUT2D eigenvalue weighted by Crippen LogP contribution is -2.41. The van der Waals surface area contributed by atoms with Gasteiger partial charge >= 0.3 is 11.8 Å². The number of aromatic amines is 1. The smallest absolute Gasteiger partial charge is 0.312 e. The Morgan fingerprint density at radius 2 is 2.15 bits per heavy atom. The highest BCUT2D eigenvalue weighted by molar-refractivity contribution is 6.33. The average molecular weight is 461 g/mol. The summed E-state index contributed by atoms with van der Waals surface area (Å²) in [4.78, 5) is 27.1. The molecule has 0 bridgehead atoms. The van der Waals surface area contributed by atoms with Crippen molar-refractivity contribution >= 4 is 23.0 Å². The fraction of sp³-hybridized carbons (Fsp3) is 0.182. The number of carbonyl (C=O) groups excluding carboxylic acids is 1. The largest absolute Gasteiger partial charge is 0.412 e. The van der Waals surface area contributed by atoms with E-state index < -0.39 is 11.9 Å². The van der Waals surface area contributed by atoms with Gasteiger partial charge in [0.1, 0.15) is 6.04 Å². The Hall–Kier alpha value is -4.05. The number of aryl methyl sites for hydroxylation is 1. The molecule has 0 spiro atoms. The molecule has 6 rings (SSSR count). The number of aromatic nitrogens is 7.